The average Bonchev–Trinajstić information content (AvgIpc) is 2.98. The summed E-state index contributed by atoms with van der Waals surface area (Å²) in [6, 6.07) is 41.1. The number of phenols is 1. The number of fused-ring (bicyclic) bond motifs is 2. The topological polar surface area (TPSA) is 55.8 Å². The molecule has 0 amide bonds. The smallest absolute Gasteiger partial charge is 0.169 e. The van der Waals surface area contributed by atoms with Crippen LogP contribution in [0.2, 0.25) is 0 Å². The van der Waals surface area contributed by atoms with Gasteiger partial charge >= 0.3 is 0 Å². The molecule has 6 aromatic rings. The summed E-state index contributed by atoms with van der Waals surface area (Å²) in [4.78, 5) is 9.99. The van der Waals surface area contributed by atoms with Crippen molar-refractivity contribution in [1.82, 2.24) is 0 Å². The molecule has 0 saturated carbocycles. The number of hydrogen-bond donors (Lipinski definition) is 1. The highest BCUT2D eigenvalue weighted by atomic mass is 19.1. The summed E-state index contributed by atoms with van der Waals surface area (Å²) < 4.78 is 23.5. The summed E-state index contributed by atoms with van der Waals surface area (Å²) in [5.74, 6) is 2.12. The molecule has 4 nitrogen and oxygen atoms in total. The van der Waals surface area contributed by atoms with Gasteiger partial charge in [0, 0.05) is 0 Å². The van der Waals surface area contributed by atoms with Crippen LogP contribution < -0.4 is 9.47 Å². The molecule has 0 heterocycles. The third kappa shape index (κ3) is 7.43. The van der Waals surface area contributed by atoms with Gasteiger partial charge in [0.15, 0.2) is 17.8 Å². The molecule has 0 aliphatic heterocycles. The molecule has 0 spiro atoms. The number of hydrogen-bond acceptors (Lipinski definition) is 4. The van der Waals surface area contributed by atoms with Gasteiger partial charge in [0.2, 0.25) is 0 Å². The van der Waals surface area contributed by atoms with Gasteiger partial charge in [0.25, 0.3) is 0 Å². The van der Waals surface area contributed by atoms with Crippen molar-refractivity contribution in [2.24, 2.45) is 0 Å². The Bertz CT molecular complexity index is 1680. The maximum atomic E-state index is 12.4. The molecule has 0 aliphatic rings. The summed E-state index contributed by atoms with van der Waals surface area (Å²) in [5.41, 5.74) is 0.109. The number of aldehydes is 1. The molecule has 0 bridgehead atoms. The normalized spacial score (nSPS) is 10.0. The number of ether oxygens (including phenoxy) is 2. The molecule has 6 rings (SSSR count). The van der Waals surface area contributed by atoms with Crippen molar-refractivity contribution in [3.05, 3.63) is 145 Å². The molecule has 0 unspecified atom stereocenters. The second kappa shape index (κ2) is 13.4. The number of halogens is 1. The second-order valence-electron chi connectivity index (χ2n) is 8.43. The van der Waals surface area contributed by atoms with Crippen LogP contribution in [0.5, 0.6) is 23.0 Å². The van der Waals surface area contributed by atoms with Gasteiger partial charge in [-0.3, -0.25) is 4.79 Å². The van der Waals surface area contributed by atoms with Gasteiger partial charge in [-0.2, -0.15) is 0 Å². The first-order valence-electron chi connectivity index (χ1n) is 12.2. The van der Waals surface area contributed by atoms with Crippen LogP contribution in [0, 0.1) is 5.82 Å². The Balaban J connectivity index is 0.000000149. The first-order chi connectivity index (χ1) is 19.1. The standard InChI is InChI=1S/C17H14O2.C10H8O.C7H5FO/c1-18-16-8-4-5-9-17(16)19-15-11-10-13-6-2-3-7-14(13)12-15;11-10-6-5-8-3-1-2-4-9(8)7-10;8-7-4-2-1-3-6(7)5-9/h2-12H,1H3;1-7,11H;1-5H. The summed E-state index contributed by atoms with van der Waals surface area (Å²) in [6.07, 6.45) is 0.495. The van der Waals surface area contributed by atoms with Crippen LogP contribution in [-0.4, -0.2) is 18.5 Å². The van der Waals surface area contributed by atoms with E-state index in [9.17, 15) is 9.18 Å². The Morgan fingerprint density at radius 2 is 1.15 bits per heavy atom. The SMILES string of the molecule is COc1ccccc1Oc1ccc2ccccc2c1.O=Cc1ccccc1F.Oc1ccc2ccccc2c1. The van der Waals surface area contributed by atoms with Crippen molar-refractivity contribution in [2.45, 2.75) is 0 Å². The molecule has 0 saturated heterocycles. The molecule has 0 atom stereocenters. The number of aromatic hydroxyl groups is 1. The van der Waals surface area contributed by atoms with E-state index in [-0.39, 0.29) is 5.56 Å². The molecule has 194 valence electrons. The van der Waals surface area contributed by atoms with E-state index in [4.69, 9.17) is 14.6 Å². The maximum Gasteiger partial charge on any atom is 0.169 e. The Hall–Kier alpha value is -5.16. The zero-order valence-electron chi connectivity index (χ0n) is 21.3. The molecular formula is C34H27FO4. The predicted octanol–water partition coefficient (Wildman–Crippen LogP) is 8.82. The first kappa shape index (κ1) is 26.9. The van der Waals surface area contributed by atoms with Gasteiger partial charge in [0.1, 0.15) is 17.3 Å². The fourth-order valence-corrected chi connectivity index (χ4v) is 3.81. The Kier molecular flexibility index (Phi) is 9.24. The molecule has 0 fully saturated rings. The first-order valence-corrected chi connectivity index (χ1v) is 12.2. The lowest BCUT2D eigenvalue weighted by atomic mass is 10.1. The molecule has 0 radical (unpaired) electrons. The van der Waals surface area contributed by atoms with E-state index >= 15 is 0 Å². The minimum Gasteiger partial charge on any atom is -0.508 e. The predicted molar refractivity (Wildman–Crippen MR) is 154 cm³/mol. The quantitative estimate of drug-likeness (QED) is 0.237. The van der Waals surface area contributed by atoms with Crippen molar-refractivity contribution in [2.75, 3.05) is 7.11 Å². The molecular weight excluding hydrogens is 491 g/mol. The van der Waals surface area contributed by atoms with E-state index in [2.05, 4.69) is 18.2 Å². The zero-order valence-corrected chi connectivity index (χ0v) is 21.3. The van der Waals surface area contributed by atoms with Crippen LogP contribution in [0.25, 0.3) is 21.5 Å². The van der Waals surface area contributed by atoms with Gasteiger partial charge in [0.05, 0.1) is 12.7 Å². The van der Waals surface area contributed by atoms with Gasteiger partial charge in [-0.1, -0.05) is 84.9 Å². The molecule has 0 aromatic heterocycles. The van der Waals surface area contributed by atoms with Crippen LogP contribution in [0.3, 0.4) is 0 Å². The highest BCUT2D eigenvalue weighted by Crippen LogP contribution is 2.32. The lowest BCUT2D eigenvalue weighted by Gasteiger charge is -2.10. The highest BCUT2D eigenvalue weighted by molar-refractivity contribution is 5.84. The number of methoxy groups -OCH3 is 1. The van der Waals surface area contributed by atoms with Crippen molar-refractivity contribution in [3.63, 3.8) is 0 Å². The van der Waals surface area contributed by atoms with E-state index in [0.29, 0.717) is 12.0 Å². The van der Waals surface area contributed by atoms with E-state index in [1.54, 1.807) is 31.4 Å². The minimum absolute atomic E-state index is 0.109. The van der Waals surface area contributed by atoms with Crippen LogP contribution in [-0.2, 0) is 0 Å². The summed E-state index contributed by atoms with van der Waals surface area (Å²) in [7, 11) is 1.64. The van der Waals surface area contributed by atoms with Crippen molar-refractivity contribution in [3.8, 4) is 23.0 Å². The molecule has 39 heavy (non-hydrogen) atoms. The molecule has 0 aliphatic carbocycles. The fourth-order valence-electron chi connectivity index (χ4n) is 3.81. The lowest BCUT2D eigenvalue weighted by molar-refractivity contribution is 0.112. The second-order valence-corrected chi connectivity index (χ2v) is 8.43. The van der Waals surface area contributed by atoms with Gasteiger partial charge in [-0.05, 0) is 70.1 Å². The molecule has 6 aromatic carbocycles. The van der Waals surface area contributed by atoms with Crippen LogP contribution in [0.4, 0.5) is 4.39 Å². The average molecular weight is 519 g/mol. The largest absolute Gasteiger partial charge is 0.508 e. The zero-order chi connectivity index (χ0) is 27.5. The fraction of sp³-hybridized carbons (Fsp3) is 0.0294. The molecule has 5 heteroatoms. The third-order valence-electron chi connectivity index (χ3n) is 5.78. The van der Waals surface area contributed by atoms with E-state index < -0.39 is 5.82 Å². The summed E-state index contributed by atoms with van der Waals surface area (Å²) in [5, 5.41) is 13.7. The summed E-state index contributed by atoms with van der Waals surface area (Å²) >= 11 is 0. The van der Waals surface area contributed by atoms with E-state index in [1.165, 1.54) is 17.5 Å². The van der Waals surface area contributed by atoms with Crippen LogP contribution in [0.15, 0.2) is 133 Å². The highest BCUT2D eigenvalue weighted by Gasteiger charge is 2.04. The van der Waals surface area contributed by atoms with Crippen LogP contribution >= 0.6 is 0 Å². The number of para-hydroxylation sites is 2. The number of phenolic OH excluding ortho intramolecular Hbond substituents is 1. The Labute approximate surface area is 226 Å². The van der Waals surface area contributed by atoms with Gasteiger partial charge in [-0.15, -0.1) is 0 Å². The van der Waals surface area contributed by atoms with Crippen molar-refractivity contribution < 1.29 is 23.8 Å². The van der Waals surface area contributed by atoms with E-state index in [1.807, 2.05) is 78.9 Å². The Morgan fingerprint density at radius 1 is 0.615 bits per heavy atom. The number of rotatable bonds is 4. The van der Waals surface area contributed by atoms with E-state index in [0.717, 1.165) is 33.4 Å². The summed E-state index contributed by atoms with van der Waals surface area (Å²) in [6.45, 7) is 0. The number of carbonyl (C=O) groups excluding carboxylic acids is 1. The van der Waals surface area contributed by atoms with Crippen LogP contribution in [0.1, 0.15) is 10.4 Å². The number of benzene rings is 6. The number of carbonyl (C=O) groups is 1. The monoisotopic (exact) mass is 518 g/mol. The minimum atomic E-state index is -0.465. The molecule has 1 N–H and O–H groups in total. The van der Waals surface area contributed by atoms with Gasteiger partial charge in [-0.25, -0.2) is 4.39 Å². The van der Waals surface area contributed by atoms with Crippen molar-refractivity contribution in [1.29, 1.82) is 0 Å². The van der Waals surface area contributed by atoms with Gasteiger partial charge < -0.3 is 14.6 Å². The third-order valence-corrected chi connectivity index (χ3v) is 5.78. The van der Waals surface area contributed by atoms with Crippen molar-refractivity contribution >= 4 is 27.8 Å². The Morgan fingerprint density at radius 3 is 1.77 bits per heavy atom. The lowest BCUT2D eigenvalue weighted by Crippen LogP contribution is -1.89. The maximum absolute atomic E-state index is 12.4.